The minimum absolute atomic E-state index is 0.194. The molecule has 1 aliphatic rings. The van der Waals surface area contributed by atoms with Crippen molar-refractivity contribution in [1.29, 1.82) is 0 Å². The summed E-state index contributed by atoms with van der Waals surface area (Å²) in [5, 5.41) is 7.49. The van der Waals surface area contributed by atoms with E-state index in [2.05, 4.69) is 26.2 Å². The molecule has 8 heteroatoms. The van der Waals surface area contributed by atoms with Gasteiger partial charge in [-0.05, 0) is 46.1 Å². The summed E-state index contributed by atoms with van der Waals surface area (Å²) >= 11 is 6.47. The molecule has 0 saturated carbocycles. The van der Waals surface area contributed by atoms with Crippen LogP contribution in [0.2, 0.25) is 0 Å². The Bertz CT molecular complexity index is 998. The van der Waals surface area contributed by atoms with E-state index in [1.54, 1.807) is 16.7 Å². The van der Waals surface area contributed by atoms with E-state index in [0.29, 0.717) is 24.3 Å². The van der Waals surface area contributed by atoms with Crippen LogP contribution in [0.25, 0.3) is 9.88 Å². The lowest BCUT2D eigenvalue weighted by atomic mass is 10.2. The Morgan fingerprint density at radius 1 is 1.26 bits per heavy atom. The van der Waals surface area contributed by atoms with Crippen LogP contribution in [0, 0.1) is 0 Å². The van der Waals surface area contributed by atoms with E-state index in [4.69, 9.17) is 0 Å². The number of halogens is 1. The van der Waals surface area contributed by atoms with Crippen LogP contribution in [0.4, 0.5) is 5.69 Å². The van der Waals surface area contributed by atoms with E-state index < -0.39 is 0 Å². The average molecular weight is 462 g/mol. The van der Waals surface area contributed by atoms with Gasteiger partial charge in [0, 0.05) is 40.4 Å². The average Bonchev–Trinajstić information content (AvgIpc) is 3.37. The van der Waals surface area contributed by atoms with Gasteiger partial charge in [-0.25, -0.2) is 4.98 Å². The summed E-state index contributed by atoms with van der Waals surface area (Å²) in [6, 6.07) is 9.61. The highest BCUT2D eigenvalue weighted by molar-refractivity contribution is 9.10. The molecule has 1 aromatic carbocycles. The SMILES string of the molecule is O=C(Nc1cccc(CN2CCCC2=O)c1)c1csc(-c2cc(Br)cs2)n1. The van der Waals surface area contributed by atoms with Crippen molar-refractivity contribution < 1.29 is 9.59 Å². The Morgan fingerprint density at radius 3 is 2.89 bits per heavy atom. The molecule has 0 bridgehead atoms. The molecule has 1 aliphatic heterocycles. The number of likely N-dealkylation sites (tertiary alicyclic amines) is 1. The van der Waals surface area contributed by atoms with Gasteiger partial charge in [0.15, 0.2) is 0 Å². The summed E-state index contributed by atoms with van der Waals surface area (Å²) in [5.41, 5.74) is 2.11. The van der Waals surface area contributed by atoms with Gasteiger partial charge in [0.1, 0.15) is 10.7 Å². The lowest BCUT2D eigenvalue weighted by Crippen LogP contribution is -2.23. The molecule has 3 heterocycles. The molecular formula is C19H16BrN3O2S2. The summed E-state index contributed by atoms with van der Waals surface area (Å²) < 4.78 is 1.01. The number of carbonyl (C=O) groups excluding carboxylic acids is 2. The molecule has 2 amide bonds. The summed E-state index contributed by atoms with van der Waals surface area (Å²) in [5.74, 6) is -0.0397. The van der Waals surface area contributed by atoms with Gasteiger partial charge >= 0.3 is 0 Å². The number of nitrogens with one attached hydrogen (secondary N) is 1. The fourth-order valence-corrected chi connectivity index (χ4v) is 5.26. The van der Waals surface area contributed by atoms with Crippen molar-refractivity contribution in [3.8, 4) is 9.88 Å². The molecule has 4 rings (SSSR count). The van der Waals surface area contributed by atoms with Gasteiger partial charge < -0.3 is 10.2 Å². The summed E-state index contributed by atoms with van der Waals surface area (Å²) in [6.45, 7) is 1.38. The molecule has 0 radical (unpaired) electrons. The number of thiophene rings is 1. The van der Waals surface area contributed by atoms with Crippen molar-refractivity contribution in [2.45, 2.75) is 19.4 Å². The number of rotatable bonds is 5. The van der Waals surface area contributed by atoms with Crippen molar-refractivity contribution in [3.63, 3.8) is 0 Å². The second-order valence-corrected chi connectivity index (χ2v) is 8.93. The van der Waals surface area contributed by atoms with Gasteiger partial charge in [-0.3, -0.25) is 9.59 Å². The van der Waals surface area contributed by atoms with Gasteiger partial charge in [0.05, 0.1) is 4.88 Å². The molecule has 0 spiro atoms. The summed E-state index contributed by atoms with van der Waals surface area (Å²) in [4.78, 5) is 31.7. The predicted molar refractivity (Wildman–Crippen MR) is 112 cm³/mol. The largest absolute Gasteiger partial charge is 0.338 e. The highest BCUT2D eigenvalue weighted by Gasteiger charge is 2.20. The van der Waals surface area contributed by atoms with Gasteiger partial charge in [0.2, 0.25) is 5.91 Å². The Labute approximate surface area is 173 Å². The van der Waals surface area contributed by atoms with Crippen LogP contribution < -0.4 is 5.32 Å². The molecule has 0 unspecified atom stereocenters. The topological polar surface area (TPSA) is 62.3 Å². The number of benzene rings is 1. The number of carbonyl (C=O) groups is 2. The molecule has 138 valence electrons. The van der Waals surface area contributed by atoms with E-state index in [-0.39, 0.29) is 11.8 Å². The third-order valence-corrected chi connectivity index (χ3v) is 6.95. The van der Waals surface area contributed by atoms with E-state index in [0.717, 1.165) is 32.9 Å². The standard InChI is InChI=1S/C19H16BrN3O2S2/c20-13-8-16(26-10-13)19-22-15(11-27-19)18(25)21-14-4-1-3-12(7-14)9-23-6-2-5-17(23)24/h1,3-4,7-8,10-11H,2,5-6,9H2,(H,21,25). The smallest absolute Gasteiger partial charge is 0.275 e. The van der Waals surface area contributed by atoms with Gasteiger partial charge in [-0.15, -0.1) is 22.7 Å². The molecule has 0 aliphatic carbocycles. The minimum Gasteiger partial charge on any atom is -0.338 e. The lowest BCUT2D eigenvalue weighted by molar-refractivity contribution is -0.128. The van der Waals surface area contributed by atoms with E-state index >= 15 is 0 Å². The normalized spacial score (nSPS) is 14.0. The highest BCUT2D eigenvalue weighted by Crippen LogP contribution is 2.32. The Kier molecular flexibility index (Phi) is 5.38. The molecule has 5 nitrogen and oxygen atoms in total. The molecule has 3 aromatic rings. The molecular weight excluding hydrogens is 446 g/mol. The number of hydrogen-bond acceptors (Lipinski definition) is 5. The molecule has 2 aromatic heterocycles. The van der Waals surface area contributed by atoms with Crippen molar-refractivity contribution in [3.05, 3.63) is 56.8 Å². The monoisotopic (exact) mass is 461 g/mol. The first-order valence-electron chi connectivity index (χ1n) is 8.46. The van der Waals surface area contributed by atoms with E-state index in [9.17, 15) is 9.59 Å². The fraction of sp³-hybridized carbons (Fsp3) is 0.211. The Morgan fingerprint density at radius 2 is 2.15 bits per heavy atom. The number of amides is 2. The third-order valence-electron chi connectivity index (χ3n) is 4.24. The first-order chi connectivity index (χ1) is 13.1. The highest BCUT2D eigenvalue weighted by atomic mass is 79.9. The Balaban J connectivity index is 1.44. The maximum atomic E-state index is 12.5. The van der Waals surface area contributed by atoms with E-state index in [1.807, 2.05) is 40.6 Å². The number of aromatic nitrogens is 1. The molecule has 27 heavy (non-hydrogen) atoms. The molecule has 1 N–H and O–H groups in total. The van der Waals surface area contributed by atoms with Crippen molar-refractivity contribution >= 4 is 56.1 Å². The zero-order valence-corrected chi connectivity index (χ0v) is 17.5. The van der Waals surface area contributed by atoms with Gasteiger partial charge in [0.25, 0.3) is 5.91 Å². The van der Waals surface area contributed by atoms with E-state index in [1.165, 1.54) is 11.3 Å². The third kappa shape index (κ3) is 4.28. The number of thiazole rings is 1. The quantitative estimate of drug-likeness (QED) is 0.580. The van der Waals surface area contributed by atoms with Crippen LogP contribution in [0.5, 0.6) is 0 Å². The Hall–Kier alpha value is -2.03. The number of nitrogens with zero attached hydrogens (tertiary/aromatic N) is 2. The van der Waals surface area contributed by atoms with Crippen LogP contribution in [-0.4, -0.2) is 28.2 Å². The zero-order valence-electron chi connectivity index (χ0n) is 14.3. The van der Waals surface area contributed by atoms with Crippen LogP contribution in [0.1, 0.15) is 28.9 Å². The van der Waals surface area contributed by atoms with Crippen LogP contribution in [0.15, 0.2) is 45.6 Å². The fourth-order valence-electron chi connectivity index (χ4n) is 2.95. The zero-order chi connectivity index (χ0) is 18.8. The first kappa shape index (κ1) is 18.3. The van der Waals surface area contributed by atoms with Gasteiger partial charge in [-0.2, -0.15) is 0 Å². The first-order valence-corrected chi connectivity index (χ1v) is 11.0. The molecule has 1 fully saturated rings. The lowest BCUT2D eigenvalue weighted by Gasteiger charge is -2.16. The number of hydrogen-bond donors (Lipinski definition) is 1. The predicted octanol–water partition coefficient (Wildman–Crippen LogP) is 5.01. The minimum atomic E-state index is -0.234. The maximum Gasteiger partial charge on any atom is 0.275 e. The van der Waals surface area contributed by atoms with Crippen molar-refractivity contribution in [2.75, 3.05) is 11.9 Å². The van der Waals surface area contributed by atoms with Gasteiger partial charge in [-0.1, -0.05) is 12.1 Å². The second-order valence-electron chi connectivity index (χ2n) is 6.24. The molecule has 1 saturated heterocycles. The summed E-state index contributed by atoms with van der Waals surface area (Å²) in [6.07, 6.45) is 1.55. The van der Waals surface area contributed by atoms with Crippen LogP contribution in [-0.2, 0) is 11.3 Å². The molecule has 0 atom stereocenters. The summed E-state index contributed by atoms with van der Waals surface area (Å²) in [7, 11) is 0. The van der Waals surface area contributed by atoms with Crippen molar-refractivity contribution in [1.82, 2.24) is 9.88 Å². The maximum absolute atomic E-state index is 12.5. The number of anilines is 1. The second kappa shape index (κ2) is 7.92. The van der Waals surface area contributed by atoms with Crippen LogP contribution in [0.3, 0.4) is 0 Å². The van der Waals surface area contributed by atoms with Crippen LogP contribution >= 0.6 is 38.6 Å². The van der Waals surface area contributed by atoms with Crippen molar-refractivity contribution in [2.24, 2.45) is 0 Å².